The molecule has 118 valence electrons. The van der Waals surface area contributed by atoms with Crippen LogP contribution < -0.4 is 10.2 Å². The second-order valence-corrected chi connectivity index (χ2v) is 6.86. The van der Waals surface area contributed by atoms with Crippen molar-refractivity contribution in [2.45, 2.75) is 32.3 Å². The summed E-state index contributed by atoms with van der Waals surface area (Å²) in [5, 5.41) is 11.7. The molecule has 2 aromatic carbocycles. The molecule has 3 aromatic rings. The topological polar surface area (TPSA) is 51.5 Å². The number of phenolic OH excluding ortho intramolecular Hbond substituents is 1. The maximum atomic E-state index is 12.9. The molecule has 0 spiro atoms. The maximum absolute atomic E-state index is 12.9. The first-order chi connectivity index (χ1) is 10.9. The number of aryl methyl sites for hydroxylation is 1. The number of pyridine rings is 1. The molecule has 0 saturated heterocycles. The number of benzene rings is 2. The molecule has 1 aliphatic heterocycles. The molecule has 2 heterocycles. The summed E-state index contributed by atoms with van der Waals surface area (Å²) in [4.78, 5) is 12.9. The third kappa shape index (κ3) is 1.94. The van der Waals surface area contributed by atoms with Crippen molar-refractivity contribution in [3.8, 4) is 11.5 Å². The Morgan fingerprint density at radius 1 is 1.22 bits per heavy atom. The van der Waals surface area contributed by atoms with Crippen LogP contribution in [-0.2, 0) is 13.5 Å². The maximum Gasteiger partial charge on any atom is 0.200 e. The highest BCUT2D eigenvalue weighted by Gasteiger charge is 2.30. The van der Waals surface area contributed by atoms with E-state index in [9.17, 15) is 9.90 Å². The first-order valence-electron chi connectivity index (χ1n) is 7.84. The molecule has 23 heavy (non-hydrogen) atoms. The van der Waals surface area contributed by atoms with E-state index in [1.54, 1.807) is 6.07 Å². The Kier molecular flexibility index (Phi) is 2.77. The Labute approximate surface area is 133 Å². The number of fused-ring (bicyclic) bond motifs is 3. The number of ether oxygens (including phenoxy) is 1. The zero-order valence-corrected chi connectivity index (χ0v) is 13.5. The molecule has 4 rings (SSSR count). The molecule has 0 atom stereocenters. The van der Waals surface area contributed by atoms with E-state index >= 15 is 0 Å². The molecule has 1 aromatic heterocycles. The van der Waals surface area contributed by atoms with Crippen molar-refractivity contribution in [1.29, 1.82) is 0 Å². The molecule has 0 unspecified atom stereocenters. The molecule has 0 fully saturated rings. The molecule has 0 amide bonds. The van der Waals surface area contributed by atoms with Gasteiger partial charge in [-0.05, 0) is 38.8 Å². The van der Waals surface area contributed by atoms with Crippen LogP contribution in [0.25, 0.3) is 21.8 Å². The number of nitrogens with zero attached hydrogens (tertiary/aromatic N) is 1. The summed E-state index contributed by atoms with van der Waals surface area (Å²) in [6.07, 6.45) is 1.52. The Morgan fingerprint density at radius 3 is 2.74 bits per heavy atom. The van der Waals surface area contributed by atoms with Crippen LogP contribution in [0, 0.1) is 0 Å². The lowest BCUT2D eigenvalue weighted by atomic mass is 9.92. The van der Waals surface area contributed by atoms with Crippen LogP contribution in [0.1, 0.15) is 25.8 Å². The number of para-hydroxylation sites is 1. The van der Waals surface area contributed by atoms with Crippen LogP contribution >= 0.6 is 0 Å². The number of hydrogen-bond donors (Lipinski definition) is 1. The van der Waals surface area contributed by atoms with Crippen LogP contribution in [-0.4, -0.2) is 15.3 Å². The van der Waals surface area contributed by atoms with Crippen molar-refractivity contribution in [3.05, 3.63) is 46.1 Å². The molecule has 4 heteroatoms. The highest BCUT2D eigenvalue weighted by molar-refractivity contribution is 5.98. The van der Waals surface area contributed by atoms with Crippen molar-refractivity contribution in [1.82, 2.24) is 4.57 Å². The summed E-state index contributed by atoms with van der Waals surface area (Å²) in [7, 11) is 1.91. The van der Waals surface area contributed by atoms with Gasteiger partial charge in [-0.3, -0.25) is 4.79 Å². The molecule has 0 saturated carbocycles. The van der Waals surface area contributed by atoms with E-state index in [-0.39, 0.29) is 16.8 Å². The summed E-state index contributed by atoms with van der Waals surface area (Å²) in [6.45, 7) is 4.08. The van der Waals surface area contributed by atoms with Crippen LogP contribution in [0.15, 0.2) is 35.1 Å². The monoisotopic (exact) mass is 309 g/mol. The molecular formula is C19H19NO3. The van der Waals surface area contributed by atoms with Crippen LogP contribution in [0.3, 0.4) is 0 Å². The predicted molar refractivity (Wildman–Crippen MR) is 91.4 cm³/mol. The van der Waals surface area contributed by atoms with Crippen molar-refractivity contribution < 1.29 is 9.84 Å². The largest absolute Gasteiger partial charge is 0.507 e. The SMILES string of the molecule is Cn1c2ccccc2c(=O)c2c(O)c3c(cc21)OC(C)(C)CC3. The van der Waals surface area contributed by atoms with Gasteiger partial charge in [0.2, 0.25) is 5.43 Å². The molecule has 4 nitrogen and oxygen atoms in total. The fourth-order valence-corrected chi connectivity index (χ4v) is 3.49. The van der Waals surface area contributed by atoms with Gasteiger partial charge in [0.1, 0.15) is 17.1 Å². The van der Waals surface area contributed by atoms with Gasteiger partial charge in [-0.15, -0.1) is 0 Å². The van der Waals surface area contributed by atoms with E-state index in [1.165, 1.54) is 0 Å². The van der Waals surface area contributed by atoms with E-state index in [0.29, 0.717) is 28.5 Å². The molecule has 1 N–H and O–H groups in total. The Hall–Kier alpha value is -2.49. The number of phenols is 1. The van der Waals surface area contributed by atoms with Gasteiger partial charge in [-0.25, -0.2) is 0 Å². The second-order valence-electron chi connectivity index (χ2n) is 6.86. The molecular weight excluding hydrogens is 290 g/mol. The van der Waals surface area contributed by atoms with Crippen LogP contribution in [0.5, 0.6) is 11.5 Å². The van der Waals surface area contributed by atoms with Gasteiger partial charge in [0, 0.05) is 24.1 Å². The van der Waals surface area contributed by atoms with E-state index in [4.69, 9.17) is 4.74 Å². The van der Waals surface area contributed by atoms with Gasteiger partial charge in [0.25, 0.3) is 0 Å². The standard InChI is InChI=1S/C19H19NO3/c1-19(2)9-8-12-15(23-19)10-14-16(18(12)22)17(21)11-6-4-5-7-13(11)20(14)3/h4-7,10,22H,8-9H2,1-3H3. The summed E-state index contributed by atoms with van der Waals surface area (Å²) in [6, 6.07) is 9.36. The number of aromatic hydroxyl groups is 1. The van der Waals surface area contributed by atoms with Crippen molar-refractivity contribution in [3.63, 3.8) is 0 Å². The van der Waals surface area contributed by atoms with Gasteiger partial charge < -0.3 is 14.4 Å². The fourth-order valence-electron chi connectivity index (χ4n) is 3.49. The van der Waals surface area contributed by atoms with E-state index in [2.05, 4.69) is 0 Å². The highest BCUT2D eigenvalue weighted by Crippen LogP contribution is 2.42. The normalized spacial score (nSPS) is 16.3. The quantitative estimate of drug-likeness (QED) is 0.647. The first-order valence-corrected chi connectivity index (χ1v) is 7.84. The Bertz CT molecular complexity index is 1010. The average molecular weight is 309 g/mol. The van der Waals surface area contributed by atoms with E-state index < -0.39 is 0 Å². The lowest BCUT2D eigenvalue weighted by Crippen LogP contribution is -2.32. The van der Waals surface area contributed by atoms with Gasteiger partial charge in [0.05, 0.1) is 16.4 Å². The van der Waals surface area contributed by atoms with Crippen molar-refractivity contribution in [2.75, 3.05) is 0 Å². The molecule has 1 aliphatic rings. The number of hydrogen-bond acceptors (Lipinski definition) is 3. The smallest absolute Gasteiger partial charge is 0.200 e. The first kappa shape index (κ1) is 14.1. The van der Waals surface area contributed by atoms with Crippen LogP contribution in [0.2, 0.25) is 0 Å². The predicted octanol–water partition coefficient (Wildman–Crippen LogP) is 3.50. The average Bonchev–Trinajstić information content (AvgIpc) is 2.51. The minimum Gasteiger partial charge on any atom is -0.507 e. The van der Waals surface area contributed by atoms with Gasteiger partial charge in [-0.1, -0.05) is 12.1 Å². The van der Waals surface area contributed by atoms with Gasteiger partial charge in [-0.2, -0.15) is 0 Å². The Balaban J connectivity index is 2.18. The second kappa shape index (κ2) is 4.51. The van der Waals surface area contributed by atoms with E-state index in [0.717, 1.165) is 17.5 Å². The third-order valence-corrected chi connectivity index (χ3v) is 4.81. The van der Waals surface area contributed by atoms with Gasteiger partial charge in [0.15, 0.2) is 0 Å². The lowest BCUT2D eigenvalue weighted by Gasteiger charge is -2.33. The zero-order valence-electron chi connectivity index (χ0n) is 13.5. The molecule has 0 radical (unpaired) electrons. The number of aromatic nitrogens is 1. The van der Waals surface area contributed by atoms with Gasteiger partial charge >= 0.3 is 0 Å². The van der Waals surface area contributed by atoms with Crippen LogP contribution in [0.4, 0.5) is 0 Å². The summed E-state index contributed by atoms with van der Waals surface area (Å²) in [5.41, 5.74) is 1.90. The minimum atomic E-state index is -0.261. The summed E-state index contributed by atoms with van der Waals surface area (Å²) in [5.74, 6) is 0.746. The molecule has 0 aliphatic carbocycles. The van der Waals surface area contributed by atoms with Crippen molar-refractivity contribution in [2.24, 2.45) is 7.05 Å². The van der Waals surface area contributed by atoms with Crippen molar-refractivity contribution >= 4 is 21.8 Å². The zero-order chi connectivity index (χ0) is 16.4. The summed E-state index contributed by atoms with van der Waals surface area (Å²) >= 11 is 0. The fraction of sp³-hybridized carbons (Fsp3) is 0.316. The highest BCUT2D eigenvalue weighted by atomic mass is 16.5. The third-order valence-electron chi connectivity index (χ3n) is 4.81. The Morgan fingerprint density at radius 2 is 1.96 bits per heavy atom. The molecule has 0 bridgehead atoms. The summed E-state index contributed by atoms with van der Waals surface area (Å²) < 4.78 is 7.98. The minimum absolute atomic E-state index is 0.0688. The number of rotatable bonds is 0. The van der Waals surface area contributed by atoms with E-state index in [1.807, 2.05) is 49.7 Å². The lowest BCUT2D eigenvalue weighted by molar-refractivity contribution is 0.0840.